The van der Waals surface area contributed by atoms with Crippen LogP contribution in [0.5, 0.6) is 5.75 Å². The molecule has 3 heterocycles. The van der Waals surface area contributed by atoms with E-state index in [4.69, 9.17) is 18.6 Å². The predicted molar refractivity (Wildman–Crippen MR) is 158 cm³/mol. The first kappa shape index (κ1) is 28.8. The second-order valence-corrected chi connectivity index (χ2v) is 10.8. The van der Waals surface area contributed by atoms with E-state index >= 15 is 0 Å². The zero-order valence-electron chi connectivity index (χ0n) is 23.9. The highest BCUT2D eigenvalue weighted by Crippen LogP contribution is 2.32. The topological polar surface area (TPSA) is 109 Å². The van der Waals surface area contributed by atoms with Gasteiger partial charge < -0.3 is 18.6 Å². The third-order valence-corrected chi connectivity index (χ3v) is 7.56. The van der Waals surface area contributed by atoms with Crippen molar-refractivity contribution in [2.75, 3.05) is 13.7 Å². The summed E-state index contributed by atoms with van der Waals surface area (Å²) in [7, 11) is 1.33. The number of nitrogens with zero attached hydrogens (tertiary/aromatic N) is 2. The number of carbonyl (C=O) groups is 2. The van der Waals surface area contributed by atoms with Crippen LogP contribution in [0.4, 0.5) is 0 Å². The summed E-state index contributed by atoms with van der Waals surface area (Å²) in [6.07, 6.45) is 1.67. The Balaban J connectivity index is 1.55. The minimum Gasteiger partial charge on any atom is -0.491 e. The molecule has 2 aromatic carbocycles. The second kappa shape index (κ2) is 12.0. The summed E-state index contributed by atoms with van der Waals surface area (Å²) < 4.78 is 23.8. The summed E-state index contributed by atoms with van der Waals surface area (Å²) >= 11 is 1.22. The lowest BCUT2D eigenvalue weighted by atomic mass is 9.96. The smallest absolute Gasteiger partial charge is 0.338 e. The molecule has 0 saturated heterocycles. The van der Waals surface area contributed by atoms with Gasteiger partial charge in [0.05, 0.1) is 47.2 Å². The lowest BCUT2D eigenvalue weighted by molar-refractivity contribution is -0.139. The Hall–Kier alpha value is -4.70. The predicted octanol–water partition coefficient (Wildman–Crippen LogP) is 4.63. The van der Waals surface area contributed by atoms with Crippen LogP contribution < -0.4 is 19.6 Å². The third-order valence-electron chi connectivity index (χ3n) is 6.58. The van der Waals surface area contributed by atoms with Crippen molar-refractivity contribution in [3.63, 3.8) is 0 Å². The molecule has 4 aromatic rings. The van der Waals surface area contributed by atoms with E-state index < -0.39 is 18.0 Å². The number of ether oxygens (including phenoxy) is 3. The summed E-state index contributed by atoms with van der Waals surface area (Å²) in [5.74, 6) is 0.798. The number of aromatic nitrogens is 1. The van der Waals surface area contributed by atoms with Gasteiger partial charge in [0.1, 0.15) is 17.3 Å². The molecular weight excluding hydrogens is 556 g/mol. The molecule has 1 aliphatic heterocycles. The van der Waals surface area contributed by atoms with Gasteiger partial charge in [-0.2, -0.15) is 0 Å². The normalized spacial score (nSPS) is 14.9. The summed E-state index contributed by atoms with van der Waals surface area (Å²) in [6, 6.07) is 17.0. The molecule has 2 aromatic heterocycles. The maximum absolute atomic E-state index is 13.9. The quantitative estimate of drug-likeness (QED) is 0.277. The Morgan fingerprint density at radius 1 is 1.05 bits per heavy atom. The van der Waals surface area contributed by atoms with E-state index in [9.17, 15) is 14.4 Å². The number of fused-ring (bicyclic) bond motifs is 1. The van der Waals surface area contributed by atoms with Crippen molar-refractivity contribution in [2.45, 2.75) is 39.8 Å². The molecule has 10 heteroatoms. The fourth-order valence-corrected chi connectivity index (χ4v) is 5.74. The number of benzene rings is 2. The largest absolute Gasteiger partial charge is 0.491 e. The van der Waals surface area contributed by atoms with Gasteiger partial charge in [0.15, 0.2) is 4.80 Å². The molecule has 216 valence electrons. The highest BCUT2D eigenvalue weighted by molar-refractivity contribution is 7.07. The molecule has 0 unspecified atom stereocenters. The van der Waals surface area contributed by atoms with E-state index in [1.807, 2.05) is 38.1 Å². The Labute approximate surface area is 246 Å². The monoisotopic (exact) mass is 586 g/mol. The first-order valence-electron chi connectivity index (χ1n) is 13.4. The molecule has 0 aliphatic carbocycles. The zero-order chi connectivity index (χ0) is 30.0. The van der Waals surface area contributed by atoms with E-state index in [-0.39, 0.29) is 18.3 Å². The highest BCUT2D eigenvalue weighted by atomic mass is 32.1. The van der Waals surface area contributed by atoms with Gasteiger partial charge in [0.25, 0.3) is 5.56 Å². The van der Waals surface area contributed by atoms with Gasteiger partial charge in [-0.1, -0.05) is 35.6 Å². The Morgan fingerprint density at radius 2 is 1.76 bits per heavy atom. The molecule has 0 N–H and O–H groups in total. The molecule has 1 atom stereocenters. The number of hydrogen-bond acceptors (Lipinski definition) is 9. The SMILES string of the molecule is CCOC(=O)C1=C(C)N=c2s/c(=C\c3ccc(-c4ccc(C(=O)OC)cc4)o3)c(=O)n2[C@@H]1c1ccc(OC(C)C)cc1. The van der Waals surface area contributed by atoms with Crippen LogP contribution in [0.3, 0.4) is 0 Å². The van der Waals surface area contributed by atoms with Crippen LogP contribution in [0, 0.1) is 0 Å². The number of hydrogen-bond donors (Lipinski definition) is 0. The van der Waals surface area contributed by atoms with Crippen LogP contribution in [-0.2, 0) is 14.3 Å². The number of methoxy groups -OCH3 is 1. The van der Waals surface area contributed by atoms with Gasteiger partial charge in [-0.3, -0.25) is 9.36 Å². The molecule has 0 fully saturated rings. The molecule has 0 amide bonds. The van der Waals surface area contributed by atoms with Crippen LogP contribution in [0.15, 0.2) is 86.1 Å². The summed E-state index contributed by atoms with van der Waals surface area (Å²) in [6.45, 7) is 7.57. The van der Waals surface area contributed by atoms with Gasteiger partial charge in [-0.15, -0.1) is 0 Å². The van der Waals surface area contributed by atoms with Crippen LogP contribution in [0.1, 0.15) is 55.4 Å². The van der Waals surface area contributed by atoms with E-state index in [1.165, 1.54) is 23.0 Å². The van der Waals surface area contributed by atoms with Crippen molar-refractivity contribution < 1.29 is 28.2 Å². The Morgan fingerprint density at radius 3 is 2.40 bits per heavy atom. The van der Waals surface area contributed by atoms with E-state index in [0.717, 1.165) is 11.1 Å². The molecule has 0 saturated carbocycles. The van der Waals surface area contributed by atoms with Crippen molar-refractivity contribution >= 4 is 29.4 Å². The van der Waals surface area contributed by atoms with Gasteiger partial charge >= 0.3 is 11.9 Å². The Kier molecular flexibility index (Phi) is 8.26. The molecule has 9 nitrogen and oxygen atoms in total. The minimum absolute atomic E-state index is 0.00657. The first-order chi connectivity index (χ1) is 20.2. The van der Waals surface area contributed by atoms with Crippen molar-refractivity contribution in [1.29, 1.82) is 0 Å². The molecule has 42 heavy (non-hydrogen) atoms. The van der Waals surface area contributed by atoms with Gasteiger partial charge in [-0.25, -0.2) is 14.6 Å². The zero-order valence-corrected chi connectivity index (χ0v) is 24.7. The number of allylic oxidation sites excluding steroid dienone is 1. The average Bonchev–Trinajstić information content (AvgIpc) is 3.56. The minimum atomic E-state index is -0.726. The van der Waals surface area contributed by atoms with E-state index in [1.54, 1.807) is 56.3 Å². The molecule has 1 aliphatic rings. The molecule has 5 rings (SSSR count). The third kappa shape index (κ3) is 5.71. The summed E-state index contributed by atoms with van der Waals surface area (Å²) in [4.78, 5) is 43.8. The maximum Gasteiger partial charge on any atom is 0.338 e. The van der Waals surface area contributed by atoms with Crippen LogP contribution >= 0.6 is 11.3 Å². The second-order valence-electron chi connectivity index (χ2n) is 9.81. The Bertz CT molecular complexity index is 1840. The van der Waals surface area contributed by atoms with E-state index in [2.05, 4.69) is 4.99 Å². The maximum atomic E-state index is 13.9. The molecule has 0 spiro atoms. The molecular formula is C32H30N2O7S. The van der Waals surface area contributed by atoms with Crippen LogP contribution in [0.25, 0.3) is 17.4 Å². The fraction of sp³-hybridized carbons (Fsp3) is 0.250. The molecule has 0 radical (unpaired) electrons. The fourth-order valence-electron chi connectivity index (χ4n) is 4.71. The lowest BCUT2D eigenvalue weighted by Crippen LogP contribution is -2.39. The first-order valence-corrected chi connectivity index (χ1v) is 14.3. The number of furan rings is 1. The number of carbonyl (C=O) groups excluding carboxylic acids is 2. The van der Waals surface area contributed by atoms with Gasteiger partial charge in [-0.05, 0) is 69.7 Å². The average molecular weight is 587 g/mol. The van der Waals surface area contributed by atoms with Gasteiger partial charge in [0, 0.05) is 11.6 Å². The summed E-state index contributed by atoms with van der Waals surface area (Å²) in [5, 5.41) is 0. The lowest BCUT2D eigenvalue weighted by Gasteiger charge is -2.25. The van der Waals surface area contributed by atoms with Crippen LogP contribution in [0.2, 0.25) is 0 Å². The van der Waals surface area contributed by atoms with Crippen molar-refractivity contribution in [1.82, 2.24) is 4.57 Å². The number of esters is 2. The number of rotatable bonds is 8. The van der Waals surface area contributed by atoms with E-state index in [0.29, 0.717) is 43.4 Å². The van der Waals surface area contributed by atoms with Crippen molar-refractivity contribution in [3.05, 3.63) is 109 Å². The molecule has 0 bridgehead atoms. The van der Waals surface area contributed by atoms with Crippen molar-refractivity contribution in [3.8, 4) is 17.1 Å². The highest BCUT2D eigenvalue weighted by Gasteiger charge is 2.33. The standard InChI is InChI=1S/C32H30N2O7S/c1-6-39-31(37)27-19(4)33-32-34(28(27)21-11-13-23(14-12-21)40-18(2)3)29(35)26(42-32)17-24-15-16-25(41-24)20-7-9-22(10-8-20)30(36)38-5/h7-18,28H,6H2,1-5H3/b26-17-/t28-/m1/s1. The summed E-state index contributed by atoms with van der Waals surface area (Å²) in [5.41, 5.74) is 2.42. The van der Waals surface area contributed by atoms with Gasteiger partial charge in [0.2, 0.25) is 0 Å². The van der Waals surface area contributed by atoms with Crippen molar-refractivity contribution in [2.24, 2.45) is 4.99 Å². The number of thiazole rings is 1. The van der Waals surface area contributed by atoms with Crippen LogP contribution in [-0.4, -0.2) is 36.3 Å².